The Balaban J connectivity index is 0.00000289. The lowest BCUT2D eigenvalue weighted by Gasteiger charge is -2.42. The summed E-state index contributed by atoms with van der Waals surface area (Å²) in [5.41, 5.74) is 5.54. The molecular weight excluding hydrogens is 352 g/mol. The van der Waals surface area contributed by atoms with E-state index in [-0.39, 0.29) is 30.1 Å². The normalized spacial score (nSPS) is 21.9. The number of aliphatic carboxylic acids is 1. The first-order valence-electron chi connectivity index (χ1n) is 4.62. The van der Waals surface area contributed by atoms with E-state index >= 15 is 0 Å². The van der Waals surface area contributed by atoms with Gasteiger partial charge in [0.05, 0.1) is 6.04 Å². The van der Waals surface area contributed by atoms with Crippen LogP contribution in [0.4, 0.5) is 0 Å². The predicted molar refractivity (Wildman–Crippen MR) is 70.7 cm³/mol. The molecule has 3 N–H and O–H groups in total. The molecule has 0 aromatic carbocycles. The zero-order valence-electron chi connectivity index (χ0n) is 9.08. The molecular formula is C8H12BrClN2O5S. The number of esters is 1. The number of ether oxygens (including phenoxy) is 1. The number of amides is 1. The van der Waals surface area contributed by atoms with Crippen molar-refractivity contribution in [3.05, 3.63) is 0 Å². The number of carbonyl (C=O) groups excluding carboxylic acids is 2. The Morgan fingerprint density at radius 3 is 2.67 bits per heavy atom. The van der Waals surface area contributed by atoms with Gasteiger partial charge < -0.3 is 15.6 Å². The lowest BCUT2D eigenvalue weighted by Crippen LogP contribution is -2.66. The van der Waals surface area contributed by atoms with Crippen molar-refractivity contribution in [2.75, 3.05) is 17.7 Å². The molecule has 0 aromatic heterocycles. The van der Waals surface area contributed by atoms with Crippen molar-refractivity contribution in [2.24, 2.45) is 5.73 Å². The predicted octanol–water partition coefficient (Wildman–Crippen LogP) is -0.383. The van der Waals surface area contributed by atoms with Gasteiger partial charge in [0, 0.05) is 5.33 Å². The number of hydrogen-bond donors (Lipinski definition) is 2. The Kier molecular flexibility index (Phi) is 7.60. The molecule has 2 atom stereocenters. The van der Waals surface area contributed by atoms with Gasteiger partial charge in [0.15, 0.2) is 6.61 Å². The topological polar surface area (TPSA) is 110 Å². The molecule has 0 bridgehead atoms. The second-order valence-electron chi connectivity index (χ2n) is 3.24. The van der Waals surface area contributed by atoms with Crippen molar-refractivity contribution >= 4 is 58.1 Å². The van der Waals surface area contributed by atoms with Gasteiger partial charge in [-0.3, -0.25) is 13.9 Å². The van der Waals surface area contributed by atoms with E-state index in [1.54, 1.807) is 0 Å². The minimum absolute atomic E-state index is 0. The van der Waals surface area contributed by atoms with Crippen LogP contribution in [0.2, 0.25) is 0 Å². The highest BCUT2D eigenvalue weighted by molar-refractivity contribution is 9.09. The lowest BCUT2D eigenvalue weighted by molar-refractivity contribution is -0.153. The first-order chi connectivity index (χ1) is 7.97. The molecule has 104 valence electrons. The second-order valence-corrected chi connectivity index (χ2v) is 4.83. The number of halogens is 2. The van der Waals surface area contributed by atoms with Gasteiger partial charge in [-0.15, -0.1) is 12.4 Å². The third-order valence-corrected chi connectivity index (χ3v) is 3.81. The Morgan fingerprint density at radius 2 is 2.17 bits per heavy atom. The first kappa shape index (κ1) is 17.5. The molecule has 0 saturated carbocycles. The molecule has 7 nitrogen and oxygen atoms in total. The van der Waals surface area contributed by atoms with E-state index in [4.69, 9.17) is 10.8 Å². The Bertz CT molecular complexity index is 345. The maximum Gasteiger partial charge on any atom is 0.341 e. The molecule has 1 amide bonds. The van der Waals surface area contributed by atoms with Crippen molar-refractivity contribution in [1.82, 2.24) is 4.31 Å². The smallest absolute Gasteiger partial charge is 0.341 e. The molecule has 0 aliphatic carbocycles. The Morgan fingerprint density at radius 1 is 1.56 bits per heavy atom. The summed E-state index contributed by atoms with van der Waals surface area (Å²) >= 11 is 4.18. The average Bonchev–Trinajstić information content (AvgIpc) is 2.30. The molecule has 1 rings (SSSR count). The number of β-lactam (4-membered cyclic amide) rings is 1. The maximum absolute atomic E-state index is 11.3. The van der Waals surface area contributed by atoms with Gasteiger partial charge in [0.2, 0.25) is 0 Å². The summed E-state index contributed by atoms with van der Waals surface area (Å²) in [4.78, 5) is 32.5. The molecule has 1 fully saturated rings. The summed E-state index contributed by atoms with van der Waals surface area (Å²) in [6.45, 7) is -0.672. The van der Waals surface area contributed by atoms with Gasteiger partial charge in [-0.2, -0.15) is 0 Å². The maximum atomic E-state index is 11.3. The zero-order chi connectivity index (χ0) is 13.0. The summed E-state index contributed by atoms with van der Waals surface area (Å²) in [7, 11) is 0. The number of rotatable bonds is 6. The summed E-state index contributed by atoms with van der Waals surface area (Å²) in [6, 6.07) is -0.698. The van der Waals surface area contributed by atoms with Gasteiger partial charge in [-0.25, -0.2) is 4.79 Å². The highest BCUT2D eigenvalue weighted by atomic mass is 79.9. The third-order valence-electron chi connectivity index (χ3n) is 2.05. The standard InChI is InChI=1S/C8H11BrN2O5S.ClH/c9-1-4-7(10)8(15)11(4)17-3-6(14)16-2-5(12)13;/h4,7H,1-3,10H2,(H,12,13);1H/t4-,7+;/m1./s1. The number of nitrogens with two attached hydrogens (primary N) is 1. The molecule has 1 heterocycles. The molecule has 1 saturated heterocycles. The number of nitrogens with zero attached hydrogens (tertiary/aromatic N) is 1. The van der Waals surface area contributed by atoms with Gasteiger partial charge in [-0.1, -0.05) is 15.9 Å². The second kappa shape index (κ2) is 7.82. The highest BCUT2D eigenvalue weighted by Crippen LogP contribution is 2.28. The highest BCUT2D eigenvalue weighted by Gasteiger charge is 2.44. The van der Waals surface area contributed by atoms with E-state index in [2.05, 4.69) is 20.7 Å². The third kappa shape index (κ3) is 4.30. The zero-order valence-corrected chi connectivity index (χ0v) is 12.3. The number of carbonyl (C=O) groups is 3. The summed E-state index contributed by atoms with van der Waals surface area (Å²) in [5.74, 6) is -2.26. The summed E-state index contributed by atoms with van der Waals surface area (Å²) < 4.78 is 5.80. The Hall–Kier alpha value is -0.510. The van der Waals surface area contributed by atoms with E-state index < -0.39 is 24.6 Å². The average molecular weight is 364 g/mol. The van der Waals surface area contributed by atoms with Gasteiger partial charge >= 0.3 is 11.9 Å². The number of carboxylic acids is 1. The van der Waals surface area contributed by atoms with Gasteiger partial charge in [-0.05, 0) is 11.9 Å². The van der Waals surface area contributed by atoms with E-state index in [0.717, 1.165) is 11.9 Å². The SMILES string of the molecule is Cl.N[C@@H]1C(=O)N(SCC(=O)OCC(=O)O)[C@@H]1CBr. The van der Waals surface area contributed by atoms with Crippen molar-refractivity contribution in [2.45, 2.75) is 12.1 Å². The molecule has 0 radical (unpaired) electrons. The number of alkyl halides is 1. The monoisotopic (exact) mass is 362 g/mol. The van der Waals surface area contributed by atoms with Crippen LogP contribution in [0.3, 0.4) is 0 Å². The first-order valence-corrected chi connectivity index (χ1v) is 6.68. The molecule has 0 aromatic rings. The van der Waals surface area contributed by atoms with Crippen LogP contribution in [-0.2, 0) is 19.1 Å². The van der Waals surface area contributed by atoms with Crippen molar-refractivity contribution < 1.29 is 24.2 Å². The van der Waals surface area contributed by atoms with E-state index in [1.165, 1.54) is 4.31 Å². The fourth-order valence-corrected chi connectivity index (χ4v) is 3.02. The minimum Gasteiger partial charge on any atom is -0.479 e. The number of carboxylic acid groups (broad SMARTS) is 1. The van der Waals surface area contributed by atoms with Crippen LogP contribution >= 0.6 is 40.3 Å². The van der Waals surface area contributed by atoms with E-state index in [0.29, 0.717) is 5.33 Å². The van der Waals surface area contributed by atoms with Crippen LogP contribution < -0.4 is 5.73 Å². The van der Waals surface area contributed by atoms with Crippen molar-refractivity contribution in [3.63, 3.8) is 0 Å². The Labute approximate surface area is 122 Å². The van der Waals surface area contributed by atoms with E-state index in [1.807, 2.05) is 0 Å². The van der Waals surface area contributed by atoms with Crippen LogP contribution in [0.5, 0.6) is 0 Å². The quantitative estimate of drug-likeness (QED) is 0.286. The number of hydrogen-bond acceptors (Lipinski definition) is 6. The molecule has 0 spiro atoms. The van der Waals surface area contributed by atoms with Crippen LogP contribution in [0.25, 0.3) is 0 Å². The summed E-state index contributed by atoms with van der Waals surface area (Å²) in [5, 5.41) is 8.81. The van der Waals surface area contributed by atoms with E-state index in [9.17, 15) is 14.4 Å². The van der Waals surface area contributed by atoms with Gasteiger partial charge in [0.1, 0.15) is 11.8 Å². The minimum atomic E-state index is -1.22. The fraction of sp³-hybridized carbons (Fsp3) is 0.625. The van der Waals surface area contributed by atoms with Crippen LogP contribution in [0.1, 0.15) is 0 Å². The molecule has 1 aliphatic rings. The summed E-state index contributed by atoms with van der Waals surface area (Å²) in [6.07, 6.45) is 0. The van der Waals surface area contributed by atoms with Crippen LogP contribution in [0.15, 0.2) is 0 Å². The molecule has 10 heteroatoms. The van der Waals surface area contributed by atoms with Crippen LogP contribution in [0, 0.1) is 0 Å². The van der Waals surface area contributed by atoms with Crippen LogP contribution in [-0.4, -0.2) is 57.0 Å². The van der Waals surface area contributed by atoms with Gasteiger partial charge in [0.25, 0.3) is 5.91 Å². The molecule has 0 unspecified atom stereocenters. The van der Waals surface area contributed by atoms with Crippen molar-refractivity contribution in [3.8, 4) is 0 Å². The lowest BCUT2D eigenvalue weighted by atomic mass is 10.0. The molecule has 1 aliphatic heterocycles. The van der Waals surface area contributed by atoms with Crippen molar-refractivity contribution in [1.29, 1.82) is 0 Å². The molecule has 18 heavy (non-hydrogen) atoms. The largest absolute Gasteiger partial charge is 0.479 e. The fourth-order valence-electron chi connectivity index (χ4n) is 1.16.